The Morgan fingerprint density at radius 1 is 1.19 bits per heavy atom. The van der Waals surface area contributed by atoms with Gasteiger partial charge in [-0.25, -0.2) is 14.8 Å². The summed E-state index contributed by atoms with van der Waals surface area (Å²) < 4.78 is 12.3. The molecule has 1 atom stereocenters. The molecule has 2 aromatic carbocycles. The smallest absolute Gasteiger partial charge is 0.350 e. The summed E-state index contributed by atoms with van der Waals surface area (Å²) in [4.78, 5) is 24.0. The predicted molar refractivity (Wildman–Crippen MR) is 136 cm³/mol. The Morgan fingerprint density at radius 2 is 1.94 bits per heavy atom. The first kappa shape index (κ1) is 24.6. The Kier molecular flexibility index (Phi) is 7.66. The van der Waals surface area contributed by atoms with Crippen LogP contribution < -0.4 is 16.2 Å². The molecule has 0 saturated carbocycles. The van der Waals surface area contributed by atoms with Gasteiger partial charge in [-0.1, -0.05) is 43.0 Å². The molecule has 4 rings (SSSR count). The highest BCUT2D eigenvalue weighted by Gasteiger charge is 2.23. The molecule has 4 aromatic rings. The number of hydrogen-bond donors (Lipinski definition) is 3. The molecular weight excluding hydrogens is 458 g/mol. The second kappa shape index (κ2) is 11.2. The van der Waals surface area contributed by atoms with Crippen molar-refractivity contribution in [3.63, 3.8) is 0 Å². The summed E-state index contributed by atoms with van der Waals surface area (Å²) in [5.41, 5.74) is 8.58. The van der Waals surface area contributed by atoms with Gasteiger partial charge < -0.3 is 15.2 Å². The van der Waals surface area contributed by atoms with Crippen molar-refractivity contribution >= 4 is 5.84 Å². The average molecular weight is 486 g/mol. The normalized spacial score (nSPS) is 11.7. The monoisotopic (exact) mass is 485 g/mol. The lowest BCUT2D eigenvalue weighted by molar-refractivity contribution is 0.184. The minimum Gasteiger partial charge on any atom is -0.490 e. The summed E-state index contributed by atoms with van der Waals surface area (Å²) in [5, 5.41) is 12.2. The molecule has 0 spiro atoms. The van der Waals surface area contributed by atoms with Crippen molar-refractivity contribution in [1.82, 2.24) is 24.7 Å². The summed E-state index contributed by atoms with van der Waals surface area (Å²) in [6.07, 6.45) is 5.29. The van der Waals surface area contributed by atoms with Crippen LogP contribution in [0.1, 0.15) is 34.0 Å². The van der Waals surface area contributed by atoms with Crippen molar-refractivity contribution in [3.05, 3.63) is 112 Å². The number of aromatic nitrogens is 5. The molecule has 4 N–H and O–H groups in total. The third kappa shape index (κ3) is 5.73. The van der Waals surface area contributed by atoms with Crippen LogP contribution in [0.15, 0.2) is 78.4 Å². The molecule has 0 radical (unpaired) electrons. The highest BCUT2D eigenvalue weighted by molar-refractivity contribution is 5.94. The molecule has 0 saturated heterocycles. The van der Waals surface area contributed by atoms with Crippen molar-refractivity contribution in [2.45, 2.75) is 18.9 Å². The van der Waals surface area contributed by atoms with Crippen molar-refractivity contribution in [1.29, 1.82) is 5.41 Å². The zero-order valence-electron chi connectivity index (χ0n) is 19.8. The van der Waals surface area contributed by atoms with Crippen molar-refractivity contribution in [2.24, 2.45) is 5.73 Å². The summed E-state index contributed by atoms with van der Waals surface area (Å²) in [5.74, 6) is 0.948. The molecule has 0 aliphatic rings. The Balaban J connectivity index is 1.80. The maximum absolute atomic E-state index is 12.8. The minimum atomic E-state index is -0.440. The Bertz CT molecular complexity index is 1400. The molecule has 0 aliphatic carbocycles. The van der Waals surface area contributed by atoms with E-state index < -0.39 is 5.69 Å². The fourth-order valence-corrected chi connectivity index (χ4v) is 3.84. The van der Waals surface area contributed by atoms with Crippen LogP contribution in [0.25, 0.3) is 5.95 Å². The first-order valence-corrected chi connectivity index (χ1v) is 11.2. The number of nitrogens with one attached hydrogen (secondary N) is 2. The van der Waals surface area contributed by atoms with Crippen molar-refractivity contribution in [2.75, 3.05) is 13.7 Å². The van der Waals surface area contributed by atoms with Crippen molar-refractivity contribution in [3.8, 4) is 11.7 Å². The van der Waals surface area contributed by atoms with Crippen LogP contribution in [0.5, 0.6) is 5.75 Å². The Morgan fingerprint density at radius 3 is 2.61 bits per heavy atom. The standard InChI is InChI=1S/C26H27N7O3/c1-3-11-36-21-13-18(16-35-2)12-20(15-21)22(14-17-5-7-19(8-6-17)23(27)28)24-31-26(34)33(32-24)25-29-9-4-10-30-25/h3-10,12-13,15,22H,1,11,14,16H2,2H3,(H3,27,28)(H,31,32,34). The minimum absolute atomic E-state index is 0.000287. The van der Waals surface area contributed by atoms with E-state index in [0.29, 0.717) is 36.8 Å². The van der Waals surface area contributed by atoms with E-state index in [1.807, 2.05) is 30.3 Å². The number of hydrogen-bond acceptors (Lipinski definition) is 7. The molecule has 0 amide bonds. The molecule has 36 heavy (non-hydrogen) atoms. The Hall–Kier alpha value is -4.57. The third-order valence-corrected chi connectivity index (χ3v) is 5.48. The van der Waals surface area contributed by atoms with Gasteiger partial charge in [-0.15, -0.1) is 9.78 Å². The van der Waals surface area contributed by atoms with Gasteiger partial charge in [0.15, 0.2) is 0 Å². The van der Waals surface area contributed by atoms with E-state index in [4.69, 9.17) is 20.6 Å². The molecule has 10 heteroatoms. The summed E-state index contributed by atoms with van der Waals surface area (Å²) >= 11 is 0. The van der Waals surface area contributed by atoms with E-state index in [1.165, 1.54) is 0 Å². The molecular formula is C26H27N7O3. The van der Waals surface area contributed by atoms with Crippen LogP contribution in [0, 0.1) is 5.41 Å². The number of nitrogen functional groups attached to an aromatic ring is 1. The summed E-state index contributed by atoms with van der Waals surface area (Å²) in [6.45, 7) is 4.46. The SMILES string of the molecule is C=CCOc1cc(COC)cc(C(Cc2ccc(C(=N)N)cc2)c2nn(-c3ncccn3)c(=O)[nH]2)c1. The van der Waals surface area contributed by atoms with Gasteiger partial charge in [-0.05, 0) is 41.3 Å². The number of amidine groups is 1. The lowest BCUT2D eigenvalue weighted by atomic mass is 9.89. The van der Waals surface area contributed by atoms with Gasteiger partial charge in [0.05, 0.1) is 6.61 Å². The van der Waals surface area contributed by atoms with E-state index in [-0.39, 0.29) is 17.7 Å². The molecule has 2 heterocycles. The number of rotatable bonds is 11. The van der Waals surface area contributed by atoms with E-state index in [2.05, 4.69) is 26.6 Å². The van der Waals surface area contributed by atoms with Crippen molar-refractivity contribution < 1.29 is 9.47 Å². The van der Waals surface area contributed by atoms with Crippen LogP contribution in [-0.2, 0) is 17.8 Å². The molecule has 0 bridgehead atoms. The van der Waals surface area contributed by atoms with Gasteiger partial charge in [-0.2, -0.15) is 0 Å². The number of nitrogens with zero attached hydrogens (tertiary/aromatic N) is 4. The largest absolute Gasteiger partial charge is 0.490 e. The Labute approximate surface area is 208 Å². The van der Waals surface area contributed by atoms with Crippen LogP contribution >= 0.6 is 0 Å². The first-order chi connectivity index (χ1) is 17.5. The van der Waals surface area contributed by atoms with Gasteiger partial charge in [0.1, 0.15) is 24.0 Å². The molecule has 1 unspecified atom stereocenters. The van der Waals surface area contributed by atoms with Gasteiger partial charge in [0, 0.05) is 31.0 Å². The zero-order chi connectivity index (χ0) is 25.5. The number of H-pyrrole nitrogens is 1. The van der Waals surface area contributed by atoms with Gasteiger partial charge >= 0.3 is 5.69 Å². The highest BCUT2D eigenvalue weighted by Crippen LogP contribution is 2.30. The fraction of sp³-hybridized carbons (Fsp3) is 0.192. The highest BCUT2D eigenvalue weighted by atomic mass is 16.5. The maximum Gasteiger partial charge on any atom is 0.350 e. The van der Waals surface area contributed by atoms with Crippen LogP contribution in [-0.4, -0.2) is 44.3 Å². The maximum atomic E-state index is 12.8. The number of methoxy groups -OCH3 is 1. The molecule has 2 aromatic heterocycles. The van der Waals surface area contributed by atoms with E-state index in [0.717, 1.165) is 21.4 Å². The topological polar surface area (TPSA) is 145 Å². The van der Waals surface area contributed by atoms with Crippen LogP contribution in [0.4, 0.5) is 0 Å². The van der Waals surface area contributed by atoms with Crippen LogP contribution in [0.3, 0.4) is 0 Å². The lowest BCUT2D eigenvalue weighted by Crippen LogP contribution is -2.18. The van der Waals surface area contributed by atoms with Gasteiger partial charge in [-0.3, -0.25) is 10.4 Å². The second-order valence-corrected chi connectivity index (χ2v) is 8.09. The third-order valence-electron chi connectivity index (χ3n) is 5.48. The molecule has 10 nitrogen and oxygen atoms in total. The molecule has 184 valence electrons. The number of benzene rings is 2. The van der Waals surface area contributed by atoms with Gasteiger partial charge in [0.25, 0.3) is 5.95 Å². The number of aromatic amines is 1. The van der Waals surface area contributed by atoms with E-state index in [1.54, 1.807) is 43.8 Å². The molecule has 0 aliphatic heterocycles. The van der Waals surface area contributed by atoms with E-state index in [9.17, 15) is 4.79 Å². The van der Waals surface area contributed by atoms with E-state index >= 15 is 0 Å². The van der Waals surface area contributed by atoms with Crippen LogP contribution in [0.2, 0.25) is 0 Å². The summed E-state index contributed by atoms with van der Waals surface area (Å²) in [7, 11) is 1.63. The fourth-order valence-electron chi connectivity index (χ4n) is 3.84. The average Bonchev–Trinajstić information content (AvgIpc) is 3.28. The molecule has 0 fully saturated rings. The predicted octanol–water partition coefficient (Wildman–Crippen LogP) is 2.72. The first-order valence-electron chi connectivity index (χ1n) is 11.2. The summed E-state index contributed by atoms with van der Waals surface area (Å²) in [6, 6.07) is 14.9. The second-order valence-electron chi connectivity index (χ2n) is 8.09. The number of nitrogens with two attached hydrogens (primary N) is 1. The van der Waals surface area contributed by atoms with Gasteiger partial charge in [0.2, 0.25) is 0 Å². The lowest BCUT2D eigenvalue weighted by Gasteiger charge is -2.18. The zero-order valence-corrected chi connectivity index (χ0v) is 19.8. The number of ether oxygens (including phenoxy) is 2. The quantitative estimate of drug-likeness (QED) is 0.168.